The molecule has 0 fully saturated rings. The average Bonchev–Trinajstić information content (AvgIpc) is 2.80. The maximum Gasteiger partial charge on any atom is 0.244 e. The van der Waals surface area contributed by atoms with E-state index in [0.717, 1.165) is 22.5 Å². The van der Waals surface area contributed by atoms with Crippen molar-refractivity contribution in [1.29, 1.82) is 0 Å². The van der Waals surface area contributed by atoms with Gasteiger partial charge in [-0.1, -0.05) is 62.2 Å². The van der Waals surface area contributed by atoms with Crippen LogP contribution in [0.25, 0.3) is 0 Å². The van der Waals surface area contributed by atoms with E-state index in [1.54, 1.807) is 37.3 Å². The molecule has 0 aliphatic rings. The average molecular weight is 543 g/mol. The summed E-state index contributed by atoms with van der Waals surface area (Å²) in [5, 5.41) is 3.49. The Labute approximate surface area is 218 Å². The van der Waals surface area contributed by atoms with E-state index < -0.39 is 28.5 Å². The second kappa shape index (κ2) is 12.6. The molecule has 0 saturated heterocycles. The van der Waals surface area contributed by atoms with Gasteiger partial charge in [-0.2, -0.15) is 0 Å². The topological polar surface area (TPSA) is 86.8 Å². The van der Waals surface area contributed by atoms with Crippen molar-refractivity contribution in [3.05, 3.63) is 63.6 Å². The Morgan fingerprint density at radius 2 is 1.63 bits per heavy atom. The van der Waals surface area contributed by atoms with E-state index in [-0.39, 0.29) is 18.4 Å². The summed E-state index contributed by atoms with van der Waals surface area (Å²) in [7, 11) is -3.78. The Kier molecular flexibility index (Phi) is 10.4. The number of amides is 2. The molecule has 0 aliphatic heterocycles. The van der Waals surface area contributed by atoms with Crippen LogP contribution in [0.3, 0.4) is 0 Å². The Morgan fingerprint density at radius 3 is 2.14 bits per heavy atom. The first-order chi connectivity index (χ1) is 16.3. The summed E-state index contributed by atoms with van der Waals surface area (Å²) >= 11 is 12.2. The number of carbonyl (C=O) groups excluding carboxylic acids is 2. The lowest BCUT2D eigenvalue weighted by Crippen LogP contribution is -2.51. The molecule has 0 saturated carbocycles. The molecule has 2 rings (SSSR count). The van der Waals surface area contributed by atoms with Gasteiger partial charge in [0, 0.05) is 13.1 Å². The first-order valence-electron chi connectivity index (χ1n) is 11.4. The van der Waals surface area contributed by atoms with E-state index in [2.05, 4.69) is 5.32 Å². The molecule has 2 aromatic carbocycles. The van der Waals surface area contributed by atoms with Crippen LogP contribution >= 0.6 is 23.2 Å². The molecule has 10 heteroatoms. The van der Waals surface area contributed by atoms with Crippen molar-refractivity contribution in [2.24, 2.45) is 0 Å². The lowest BCUT2D eigenvalue weighted by atomic mass is 10.0. The maximum atomic E-state index is 13.5. The van der Waals surface area contributed by atoms with Gasteiger partial charge < -0.3 is 10.2 Å². The molecule has 7 nitrogen and oxygen atoms in total. The van der Waals surface area contributed by atoms with Crippen molar-refractivity contribution in [3.8, 4) is 0 Å². The van der Waals surface area contributed by atoms with Crippen molar-refractivity contribution in [2.45, 2.75) is 52.6 Å². The Balaban J connectivity index is 2.39. The summed E-state index contributed by atoms with van der Waals surface area (Å²) in [6.45, 7) is 7.70. The fraction of sp³-hybridized carbons (Fsp3) is 0.440. The molecule has 1 N–H and O–H groups in total. The Morgan fingerprint density at radius 1 is 1.00 bits per heavy atom. The number of anilines is 1. The largest absolute Gasteiger partial charge is 0.354 e. The molecule has 0 unspecified atom stereocenters. The molecule has 1 atom stereocenters. The van der Waals surface area contributed by atoms with Crippen LogP contribution in [0.1, 0.15) is 51.2 Å². The monoisotopic (exact) mass is 541 g/mol. The number of hydrogen-bond acceptors (Lipinski definition) is 4. The van der Waals surface area contributed by atoms with Gasteiger partial charge in [0.25, 0.3) is 0 Å². The number of rotatable bonds is 11. The van der Waals surface area contributed by atoms with Gasteiger partial charge in [0.05, 0.1) is 22.0 Å². The lowest BCUT2D eigenvalue weighted by molar-refractivity contribution is -0.139. The van der Waals surface area contributed by atoms with E-state index >= 15 is 0 Å². The van der Waals surface area contributed by atoms with Crippen LogP contribution in [0.5, 0.6) is 0 Å². The van der Waals surface area contributed by atoms with E-state index in [1.807, 2.05) is 32.9 Å². The molecule has 0 aliphatic carbocycles. The van der Waals surface area contributed by atoms with Crippen LogP contribution < -0.4 is 9.62 Å². The van der Waals surface area contributed by atoms with E-state index in [4.69, 9.17) is 23.2 Å². The summed E-state index contributed by atoms with van der Waals surface area (Å²) in [4.78, 5) is 27.6. The van der Waals surface area contributed by atoms with Crippen molar-refractivity contribution >= 4 is 50.7 Å². The van der Waals surface area contributed by atoms with E-state index in [9.17, 15) is 18.0 Å². The van der Waals surface area contributed by atoms with Gasteiger partial charge in [0.15, 0.2) is 0 Å². The number of carbonyl (C=O) groups is 2. The molecule has 35 heavy (non-hydrogen) atoms. The highest BCUT2D eigenvalue weighted by Crippen LogP contribution is 2.25. The van der Waals surface area contributed by atoms with Crippen LogP contribution in [-0.4, -0.2) is 50.5 Å². The van der Waals surface area contributed by atoms with Crippen LogP contribution in [0.15, 0.2) is 42.5 Å². The normalized spacial score (nSPS) is 12.3. The number of hydrogen-bond donors (Lipinski definition) is 1. The number of halogens is 2. The zero-order chi connectivity index (χ0) is 26.3. The predicted octanol–water partition coefficient (Wildman–Crippen LogP) is 4.83. The Hall–Kier alpha value is -2.29. The molecule has 0 heterocycles. The first-order valence-corrected chi connectivity index (χ1v) is 14.0. The molecule has 2 aromatic rings. The number of sulfonamides is 1. The van der Waals surface area contributed by atoms with Crippen LogP contribution in [-0.2, 0) is 26.2 Å². The standard InChI is InChI=1S/C25H33Cl2N3O4S/c1-6-13-28-25(32)18(4)29(15-19-7-12-22(26)23(27)14-19)24(31)16-30(35(5,33)34)21-10-8-20(9-11-21)17(2)3/h7-12,14,17-18H,6,13,15-16H2,1-5H3,(H,28,32)/t18-/m1/s1. The number of nitrogens with zero attached hydrogens (tertiary/aromatic N) is 2. The number of benzene rings is 2. The van der Waals surface area contributed by atoms with E-state index in [0.29, 0.717) is 27.8 Å². The second-order valence-corrected chi connectivity index (χ2v) is 11.5. The van der Waals surface area contributed by atoms with Gasteiger partial charge in [0.1, 0.15) is 12.6 Å². The molecular formula is C25H33Cl2N3O4S. The van der Waals surface area contributed by atoms with Crippen molar-refractivity contribution in [2.75, 3.05) is 23.7 Å². The summed E-state index contributed by atoms with van der Waals surface area (Å²) in [5.74, 6) is -0.567. The van der Waals surface area contributed by atoms with Crippen LogP contribution in [0.2, 0.25) is 10.0 Å². The van der Waals surface area contributed by atoms with Crippen LogP contribution in [0, 0.1) is 0 Å². The van der Waals surface area contributed by atoms with Gasteiger partial charge in [-0.05, 0) is 54.7 Å². The number of nitrogens with one attached hydrogen (secondary N) is 1. The van der Waals surface area contributed by atoms with Gasteiger partial charge in [-0.15, -0.1) is 0 Å². The van der Waals surface area contributed by atoms with Crippen molar-refractivity contribution < 1.29 is 18.0 Å². The minimum Gasteiger partial charge on any atom is -0.354 e. The third-order valence-corrected chi connectivity index (χ3v) is 7.46. The fourth-order valence-electron chi connectivity index (χ4n) is 3.45. The SMILES string of the molecule is CCCNC(=O)[C@@H](C)N(Cc1ccc(Cl)c(Cl)c1)C(=O)CN(c1ccc(C(C)C)cc1)S(C)(=O)=O. The highest BCUT2D eigenvalue weighted by Gasteiger charge is 2.30. The molecule has 0 spiro atoms. The van der Waals surface area contributed by atoms with Gasteiger partial charge in [0.2, 0.25) is 21.8 Å². The lowest BCUT2D eigenvalue weighted by Gasteiger charge is -2.31. The molecule has 192 valence electrons. The third-order valence-electron chi connectivity index (χ3n) is 5.58. The molecule has 2 amide bonds. The van der Waals surface area contributed by atoms with Gasteiger partial charge in [-0.3, -0.25) is 13.9 Å². The molecular weight excluding hydrogens is 509 g/mol. The quantitative estimate of drug-likeness (QED) is 0.441. The molecule has 0 radical (unpaired) electrons. The highest BCUT2D eigenvalue weighted by molar-refractivity contribution is 7.92. The first kappa shape index (κ1) is 28.9. The maximum absolute atomic E-state index is 13.5. The molecule has 0 aromatic heterocycles. The minimum absolute atomic E-state index is 0.0559. The summed E-state index contributed by atoms with van der Waals surface area (Å²) in [6, 6.07) is 11.2. The zero-order valence-electron chi connectivity index (χ0n) is 20.7. The van der Waals surface area contributed by atoms with Crippen molar-refractivity contribution in [3.63, 3.8) is 0 Å². The summed E-state index contributed by atoms with van der Waals surface area (Å²) < 4.78 is 26.3. The predicted molar refractivity (Wildman–Crippen MR) is 142 cm³/mol. The zero-order valence-corrected chi connectivity index (χ0v) is 23.0. The second-order valence-electron chi connectivity index (χ2n) is 8.75. The summed E-state index contributed by atoms with van der Waals surface area (Å²) in [6.07, 6.45) is 1.80. The van der Waals surface area contributed by atoms with Gasteiger partial charge >= 0.3 is 0 Å². The minimum atomic E-state index is -3.78. The fourth-order valence-corrected chi connectivity index (χ4v) is 4.62. The molecule has 0 bridgehead atoms. The highest BCUT2D eigenvalue weighted by atomic mass is 35.5. The van der Waals surface area contributed by atoms with E-state index in [1.165, 1.54) is 4.90 Å². The third kappa shape index (κ3) is 8.12. The van der Waals surface area contributed by atoms with Crippen LogP contribution in [0.4, 0.5) is 5.69 Å². The van der Waals surface area contributed by atoms with Crippen molar-refractivity contribution in [1.82, 2.24) is 10.2 Å². The Bertz CT molecular complexity index is 1140. The smallest absolute Gasteiger partial charge is 0.244 e. The van der Waals surface area contributed by atoms with Gasteiger partial charge in [-0.25, -0.2) is 8.42 Å². The summed E-state index contributed by atoms with van der Waals surface area (Å²) in [5.41, 5.74) is 2.09.